The number of nitrogens with zero attached hydrogens (tertiary/aromatic N) is 1. The van der Waals surface area contributed by atoms with Crippen molar-refractivity contribution in [3.63, 3.8) is 0 Å². The molecule has 1 aliphatic rings. The highest BCUT2D eigenvalue weighted by molar-refractivity contribution is 8.19. The summed E-state index contributed by atoms with van der Waals surface area (Å²) in [5.41, 5.74) is 2.35. The highest BCUT2D eigenvalue weighted by atomic mass is 32.2. The summed E-state index contributed by atoms with van der Waals surface area (Å²) in [5, 5.41) is 8.22. The third-order valence-corrected chi connectivity index (χ3v) is 5.20. The number of hydrogen-bond acceptors (Lipinski definition) is 4. The van der Waals surface area contributed by atoms with Gasteiger partial charge in [-0.05, 0) is 65.4 Å². The molecule has 3 aromatic rings. The molecule has 1 aliphatic heterocycles. The van der Waals surface area contributed by atoms with Gasteiger partial charge in [0.05, 0.1) is 10.6 Å². The highest BCUT2D eigenvalue weighted by Crippen LogP contribution is 2.35. The zero-order chi connectivity index (χ0) is 20.2. The Hall–Kier alpha value is -3.38. The third kappa shape index (κ3) is 4.38. The Balaban J connectivity index is 1.51. The van der Waals surface area contributed by atoms with Gasteiger partial charge in [-0.2, -0.15) is 0 Å². The molecule has 1 saturated heterocycles. The van der Waals surface area contributed by atoms with Gasteiger partial charge < -0.3 is 4.74 Å². The summed E-state index contributed by atoms with van der Waals surface area (Å²) in [6.45, 7) is 0.456. The first-order valence-corrected chi connectivity index (χ1v) is 9.77. The molecule has 0 spiro atoms. The molecule has 6 heteroatoms. The maximum Gasteiger partial charge on any atom is 0.271 e. The van der Waals surface area contributed by atoms with Gasteiger partial charge in [0.2, 0.25) is 0 Å². The van der Waals surface area contributed by atoms with Gasteiger partial charge in [-0.3, -0.25) is 15.1 Å². The fraction of sp³-hybridized carbons (Fsp3) is 0.0435. The number of rotatable bonds is 5. The molecule has 0 atom stereocenters. The SMILES string of the molecule is N=C1S/C(=C\c2cccc(OCc3ccccc3)c2)C(=O)N1c1ccc(F)cc1. The number of halogens is 1. The molecule has 144 valence electrons. The topological polar surface area (TPSA) is 53.4 Å². The van der Waals surface area contributed by atoms with Crippen LogP contribution in [-0.4, -0.2) is 11.1 Å². The number of nitrogens with one attached hydrogen (secondary N) is 1. The van der Waals surface area contributed by atoms with Crippen LogP contribution < -0.4 is 9.64 Å². The van der Waals surface area contributed by atoms with Crippen molar-refractivity contribution in [2.24, 2.45) is 0 Å². The number of hydrogen-bond donors (Lipinski definition) is 1. The van der Waals surface area contributed by atoms with Gasteiger partial charge in [0.1, 0.15) is 18.2 Å². The molecule has 29 heavy (non-hydrogen) atoms. The van der Waals surface area contributed by atoms with Gasteiger partial charge in [0, 0.05) is 0 Å². The van der Waals surface area contributed by atoms with E-state index in [4.69, 9.17) is 10.1 Å². The van der Waals surface area contributed by atoms with Crippen LogP contribution in [0.25, 0.3) is 6.08 Å². The summed E-state index contributed by atoms with van der Waals surface area (Å²) in [6, 6.07) is 22.9. The quantitative estimate of drug-likeness (QED) is 0.575. The number of amidine groups is 1. The lowest BCUT2D eigenvalue weighted by Gasteiger charge is -2.13. The van der Waals surface area contributed by atoms with Gasteiger partial charge in [0.25, 0.3) is 5.91 Å². The summed E-state index contributed by atoms with van der Waals surface area (Å²) in [4.78, 5) is 14.5. The van der Waals surface area contributed by atoms with Gasteiger partial charge >= 0.3 is 0 Å². The predicted octanol–water partition coefficient (Wildman–Crippen LogP) is 5.46. The molecule has 0 aliphatic carbocycles. The van der Waals surface area contributed by atoms with Crippen LogP contribution in [0.15, 0.2) is 83.8 Å². The Morgan fingerprint density at radius 2 is 1.76 bits per heavy atom. The molecule has 0 saturated carbocycles. The van der Waals surface area contributed by atoms with Crippen LogP contribution in [0.2, 0.25) is 0 Å². The van der Waals surface area contributed by atoms with Crippen molar-refractivity contribution in [2.75, 3.05) is 4.90 Å². The number of amides is 1. The second-order valence-corrected chi connectivity index (χ2v) is 7.41. The van der Waals surface area contributed by atoms with Crippen LogP contribution in [0, 0.1) is 11.2 Å². The van der Waals surface area contributed by atoms with Gasteiger partial charge in [0.15, 0.2) is 5.17 Å². The van der Waals surface area contributed by atoms with E-state index in [1.807, 2.05) is 54.6 Å². The Morgan fingerprint density at radius 3 is 2.52 bits per heavy atom. The Morgan fingerprint density at radius 1 is 1.00 bits per heavy atom. The molecule has 0 aromatic heterocycles. The smallest absolute Gasteiger partial charge is 0.271 e. The lowest BCUT2D eigenvalue weighted by atomic mass is 10.2. The number of carbonyl (C=O) groups is 1. The zero-order valence-corrected chi connectivity index (χ0v) is 16.2. The Labute approximate surface area is 172 Å². The van der Waals surface area contributed by atoms with Crippen LogP contribution in [0.5, 0.6) is 5.75 Å². The minimum Gasteiger partial charge on any atom is -0.489 e. The maximum atomic E-state index is 13.2. The first kappa shape index (κ1) is 19.0. The first-order valence-electron chi connectivity index (χ1n) is 8.95. The molecule has 4 nitrogen and oxygen atoms in total. The molecule has 1 amide bonds. The highest BCUT2D eigenvalue weighted by Gasteiger charge is 2.33. The lowest BCUT2D eigenvalue weighted by Crippen LogP contribution is -2.28. The van der Waals surface area contributed by atoms with Crippen LogP contribution in [0.3, 0.4) is 0 Å². The Kier molecular flexibility index (Phi) is 5.44. The van der Waals surface area contributed by atoms with E-state index in [9.17, 15) is 9.18 Å². The number of thioether (sulfide) groups is 1. The zero-order valence-electron chi connectivity index (χ0n) is 15.3. The van der Waals surface area contributed by atoms with E-state index in [2.05, 4.69) is 0 Å². The average Bonchev–Trinajstić information content (AvgIpc) is 3.01. The minimum atomic E-state index is -0.386. The van der Waals surface area contributed by atoms with E-state index < -0.39 is 0 Å². The molecule has 1 heterocycles. The number of benzene rings is 3. The van der Waals surface area contributed by atoms with E-state index in [0.29, 0.717) is 22.9 Å². The number of carbonyl (C=O) groups excluding carboxylic acids is 1. The molecule has 0 radical (unpaired) electrons. The second-order valence-electron chi connectivity index (χ2n) is 6.38. The van der Waals surface area contributed by atoms with Gasteiger partial charge in [-0.1, -0.05) is 42.5 Å². The molecular formula is C23H17FN2O2S. The molecule has 3 aromatic carbocycles. The monoisotopic (exact) mass is 404 g/mol. The van der Waals surface area contributed by atoms with E-state index in [-0.39, 0.29) is 16.9 Å². The third-order valence-electron chi connectivity index (χ3n) is 4.31. The van der Waals surface area contributed by atoms with Crippen molar-refractivity contribution in [2.45, 2.75) is 6.61 Å². The van der Waals surface area contributed by atoms with Crippen molar-refractivity contribution < 1.29 is 13.9 Å². The van der Waals surface area contributed by atoms with E-state index >= 15 is 0 Å². The average molecular weight is 404 g/mol. The molecular weight excluding hydrogens is 387 g/mol. The molecule has 0 bridgehead atoms. The summed E-state index contributed by atoms with van der Waals surface area (Å²) < 4.78 is 19.0. The molecule has 1 fully saturated rings. The fourth-order valence-electron chi connectivity index (χ4n) is 2.90. The van der Waals surface area contributed by atoms with Gasteiger partial charge in [-0.15, -0.1) is 0 Å². The molecule has 0 unspecified atom stereocenters. The van der Waals surface area contributed by atoms with Crippen molar-refractivity contribution in [3.8, 4) is 5.75 Å². The van der Waals surface area contributed by atoms with Crippen molar-refractivity contribution in [1.29, 1.82) is 5.41 Å². The molecule has 4 rings (SSSR count). The van der Waals surface area contributed by atoms with Gasteiger partial charge in [-0.25, -0.2) is 4.39 Å². The summed E-state index contributed by atoms with van der Waals surface area (Å²) in [6.07, 6.45) is 1.74. The van der Waals surface area contributed by atoms with Crippen molar-refractivity contribution in [1.82, 2.24) is 0 Å². The van der Waals surface area contributed by atoms with Crippen LogP contribution in [0.4, 0.5) is 10.1 Å². The van der Waals surface area contributed by atoms with Crippen LogP contribution in [0.1, 0.15) is 11.1 Å². The summed E-state index contributed by atoms with van der Waals surface area (Å²) >= 11 is 1.08. The largest absolute Gasteiger partial charge is 0.489 e. The van der Waals surface area contributed by atoms with Crippen LogP contribution in [-0.2, 0) is 11.4 Å². The van der Waals surface area contributed by atoms with E-state index in [1.165, 1.54) is 29.2 Å². The number of anilines is 1. The van der Waals surface area contributed by atoms with E-state index in [0.717, 1.165) is 22.9 Å². The normalized spacial score (nSPS) is 15.2. The molecule has 1 N–H and O–H groups in total. The summed E-state index contributed by atoms with van der Waals surface area (Å²) in [7, 11) is 0. The predicted molar refractivity (Wildman–Crippen MR) is 114 cm³/mol. The van der Waals surface area contributed by atoms with Crippen molar-refractivity contribution in [3.05, 3.63) is 101 Å². The standard InChI is InChI=1S/C23H17FN2O2S/c24-18-9-11-19(12-10-18)26-22(27)21(29-23(26)25)14-17-7-4-8-20(13-17)28-15-16-5-2-1-3-6-16/h1-14,25H,15H2/b21-14-,25-23?. The van der Waals surface area contributed by atoms with E-state index in [1.54, 1.807) is 6.08 Å². The van der Waals surface area contributed by atoms with Crippen molar-refractivity contribution >= 4 is 34.6 Å². The Bertz CT molecular complexity index is 1080. The van der Waals surface area contributed by atoms with Crippen LogP contribution >= 0.6 is 11.8 Å². The number of ether oxygens (including phenoxy) is 1. The minimum absolute atomic E-state index is 0.0874. The lowest BCUT2D eigenvalue weighted by molar-refractivity contribution is -0.113. The first-order chi connectivity index (χ1) is 14.1. The maximum absolute atomic E-state index is 13.2. The fourth-order valence-corrected chi connectivity index (χ4v) is 3.76. The second kappa shape index (κ2) is 8.32. The summed E-state index contributed by atoms with van der Waals surface area (Å²) in [5.74, 6) is 0.00833.